The molecule has 31 heavy (non-hydrogen) atoms. The smallest absolute Gasteiger partial charge is 0.289 e. The second kappa shape index (κ2) is 9.49. The number of benzene rings is 3. The number of anilines is 1. The topological polar surface area (TPSA) is 75.7 Å². The predicted octanol–water partition coefficient (Wildman–Crippen LogP) is 4.71. The zero-order chi connectivity index (χ0) is 21.6. The van der Waals surface area contributed by atoms with E-state index in [-0.39, 0.29) is 29.4 Å². The summed E-state index contributed by atoms with van der Waals surface area (Å²) in [6.45, 7) is 0.660. The minimum Gasteiger partial charge on any atom is -0.489 e. The minimum atomic E-state index is -0.251. The molecule has 0 spiro atoms. The highest BCUT2D eigenvalue weighted by atomic mass is 32.2. The van der Waals surface area contributed by atoms with E-state index in [2.05, 4.69) is 5.32 Å². The molecule has 1 heterocycles. The summed E-state index contributed by atoms with van der Waals surface area (Å²) in [6, 6.07) is 23.9. The van der Waals surface area contributed by atoms with Crippen LogP contribution in [0.2, 0.25) is 0 Å². The minimum absolute atomic E-state index is 0.179. The SMILES string of the molecule is O=C(Nc1ccc(CN2C(=O)CSC2=O)cc1)c1cccc(OCc2ccccc2)c1. The highest BCUT2D eigenvalue weighted by molar-refractivity contribution is 8.14. The highest BCUT2D eigenvalue weighted by Crippen LogP contribution is 2.22. The maximum absolute atomic E-state index is 12.6. The van der Waals surface area contributed by atoms with Crippen LogP contribution in [0.4, 0.5) is 10.5 Å². The normalized spacial score (nSPS) is 13.4. The second-order valence-electron chi connectivity index (χ2n) is 6.99. The van der Waals surface area contributed by atoms with Crippen molar-refractivity contribution in [3.63, 3.8) is 0 Å². The Morgan fingerprint density at radius 1 is 0.935 bits per heavy atom. The van der Waals surface area contributed by atoms with Gasteiger partial charge >= 0.3 is 0 Å². The van der Waals surface area contributed by atoms with Gasteiger partial charge in [-0.2, -0.15) is 0 Å². The summed E-state index contributed by atoms with van der Waals surface area (Å²) in [5.74, 6) is 0.381. The fourth-order valence-electron chi connectivity index (χ4n) is 3.08. The molecular weight excluding hydrogens is 412 g/mol. The number of nitrogens with zero attached hydrogens (tertiary/aromatic N) is 1. The molecule has 156 valence electrons. The number of imide groups is 1. The van der Waals surface area contributed by atoms with Crippen molar-refractivity contribution in [2.24, 2.45) is 0 Å². The third kappa shape index (κ3) is 5.32. The van der Waals surface area contributed by atoms with Crippen LogP contribution in [0.5, 0.6) is 5.75 Å². The molecule has 0 aromatic heterocycles. The van der Waals surface area contributed by atoms with E-state index in [1.807, 2.05) is 36.4 Å². The molecule has 0 atom stereocenters. The number of thioether (sulfide) groups is 1. The van der Waals surface area contributed by atoms with Gasteiger partial charge in [-0.3, -0.25) is 19.3 Å². The lowest BCUT2D eigenvalue weighted by atomic mass is 10.1. The summed E-state index contributed by atoms with van der Waals surface area (Å²) >= 11 is 1.02. The lowest BCUT2D eigenvalue weighted by molar-refractivity contribution is -0.125. The largest absolute Gasteiger partial charge is 0.489 e. The number of amides is 3. The van der Waals surface area contributed by atoms with Crippen molar-refractivity contribution < 1.29 is 19.1 Å². The van der Waals surface area contributed by atoms with Crippen molar-refractivity contribution in [1.82, 2.24) is 4.90 Å². The molecule has 6 nitrogen and oxygen atoms in total. The summed E-state index contributed by atoms with van der Waals surface area (Å²) in [5, 5.41) is 2.63. The van der Waals surface area contributed by atoms with Crippen LogP contribution in [-0.2, 0) is 17.9 Å². The Balaban J connectivity index is 1.35. The van der Waals surface area contributed by atoms with Gasteiger partial charge in [-0.1, -0.05) is 60.3 Å². The van der Waals surface area contributed by atoms with Crippen LogP contribution in [0.3, 0.4) is 0 Å². The Morgan fingerprint density at radius 2 is 1.71 bits per heavy atom. The molecule has 1 aliphatic heterocycles. The van der Waals surface area contributed by atoms with Gasteiger partial charge in [0.25, 0.3) is 11.1 Å². The predicted molar refractivity (Wildman–Crippen MR) is 120 cm³/mol. The molecule has 0 bridgehead atoms. The molecule has 7 heteroatoms. The molecule has 0 radical (unpaired) electrons. The Kier molecular flexibility index (Phi) is 6.33. The van der Waals surface area contributed by atoms with Crippen molar-refractivity contribution in [2.75, 3.05) is 11.1 Å². The van der Waals surface area contributed by atoms with Gasteiger partial charge in [0.1, 0.15) is 12.4 Å². The maximum Gasteiger partial charge on any atom is 0.289 e. The van der Waals surface area contributed by atoms with Gasteiger partial charge in [-0.15, -0.1) is 0 Å². The van der Waals surface area contributed by atoms with Crippen LogP contribution in [0, 0.1) is 0 Å². The summed E-state index contributed by atoms with van der Waals surface area (Å²) < 4.78 is 5.79. The fraction of sp³-hybridized carbons (Fsp3) is 0.125. The Hall–Kier alpha value is -3.58. The van der Waals surface area contributed by atoms with E-state index >= 15 is 0 Å². The van der Waals surface area contributed by atoms with Crippen LogP contribution >= 0.6 is 11.8 Å². The first-order chi connectivity index (χ1) is 15.1. The van der Waals surface area contributed by atoms with Crippen molar-refractivity contribution in [3.8, 4) is 5.75 Å². The first-order valence-corrected chi connectivity index (χ1v) is 10.7. The molecule has 0 aliphatic carbocycles. The van der Waals surface area contributed by atoms with Gasteiger partial charge < -0.3 is 10.1 Å². The number of carbonyl (C=O) groups is 3. The number of nitrogens with one attached hydrogen (secondary N) is 1. The average Bonchev–Trinajstić information content (AvgIpc) is 3.12. The molecule has 1 fully saturated rings. The average molecular weight is 433 g/mol. The van der Waals surface area contributed by atoms with Gasteiger partial charge in [0, 0.05) is 11.3 Å². The van der Waals surface area contributed by atoms with Crippen LogP contribution < -0.4 is 10.1 Å². The number of ether oxygens (including phenoxy) is 1. The number of hydrogen-bond acceptors (Lipinski definition) is 5. The fourth-order valence-corrected chi connectivity index (χ4v) is 3.81. The first kappa shape index (κ1) is 20.7. The molecule has 3 amide bonds. The molecule has 3 aromatic rings. The first-order valence-electron chi connectivity index (χ1n) is 9.73. The lowest BCUT2D eigenvalue weighted by Crippen LogP contribution is -2.27. The van der Waals surface area contributed by atoms with Gasteiger partial charge in [0.15, 0.2) is 0 Å². The van der Waals surface area contributed by atoms with Crippen molar-refractivity contribution in [3.05, 3.63) is 95.6 Å². The summed E-state index contributed by atoms with van der Waals surface area (Å²) in [6.07, 6.45) is 0. The molecule has 4 rings (SSSR count). The van der Waals surface area contributed by atoms with Crippen LogP contribution in [0.25, 0.3) is 0 Å². The van der Waals surface area contributed by atoms with Crippen LogP contribution in [0.1, 0.15) is 21.5 Å². The summed E-state index contributed by atoms with van der Waals surface area (Å²) in [7, 11) is 0. The van der Waals surface area contributed by atoms with E-state index in [0.717, 1.165) is 22.9 Å². The Morgan fingerprint density at radius 3 is 2.42 bits per heavy atom. The maximum atomic E-state index is 12.6. The molecule has 1 N–H and O–H groups in total. The Labute approximate surface area is 184 Å². The number of carbonyl (C=O) groups excluding carboxylic acids is 3. The zero-order valence-corrected chi connectivity index (χ0v) is 17.4. The standard InChI is InChI=1S/C24H20N2O4S/c27-22-16-31-24(29)26(22)14-17-9-11-20(12-10-17)25-23(28)19-7-4-8-21(13-19)30-15-18-5-2-1-3-6-18/h1-13H,14-16H2,(H,25,28). The van der Waals surface area contributed by atoms with Crippen LogP contribution in [-0.4, -0.2) is 27.7 Å². The van der Waals surface area contributed by atoms with Gasteiger partial charge in [0.2, 0.25) is 5.91 Å². The molecular formula is C24H20N2O4S. The van der Waals surface area contributed by atoms with E-state index in [1.165, 1.54) is 4.90 Å². The quantitative estimate of drug-likeness (QED) is 0.585. The number of hydrogen-bond donors (Lipinski definition) is 1. The third-order valence-electron chi connectivity index (χ3n) is 4.74. The Bertz CT molecular complexity index is 1080. The molecule has 1 aliphatic rings. The van der Waals surface area contributed by atoms with E-state index in [4.69, 9.17) is 4.74 Å². The van der Waals surface area contributed by atoms with E-state index in [0.29, 0.717) is 23.6 Å². The number of rotatable bonds is 7. The molecule has 0 unspecified atom stereocenters. The van der Waals surface area contributed by atoms with Crippen LogP contribution in [0.15, 0.2) is 78.9 Å². The van der Waals surface area contributed by atoms with Gasteiger partial charge in [-0.25, -0.2) is 0 Å². The molecule has 0 saturated carbocycles. The summed E-state index contributed by atoms with van der Waals surface area (Å²) in [4.78, 5) is 37.3. The lowest BCUT2D eigenvalue weighted by Gasteiger charge is -2.13. The molecule has 3 aromatic carbocycles. The third-order valence-corrected chi connectivity index (χ3v) is 5.60. The second-order valence-corrected chi connectivity index (χ2v) is 7.91. The summed E-state index contributed by atoms with van der Waals surface area (Å²) in [5.41, 5.74) is 2.98. The monoisotopic (exact) mass is 432 g/mol. The zero-order valence-electron chi connectivity index (χ0n) is 16.6. The van der Waals surface area contributed by atoms with E-state index in [1.54, 1.807) is 42.5 Å². The molecule has 1 saturated heterocycles. The van der Waals surface area contributed by atoms with Gasteiger partial charge in [-0.05, 0) is 41.5 Å². The van der Waals surface area contributed by atoms with Crippen molar-refractivity contribution in [2.45, 2.75) is 13.2 Å². The van der Waals surface area contributed by atoms with Gasteiger partial charge in [0.05, 0.1) is 12.3 Å². The van der Waals surface area contributed by atoms with Crippen molar-refractivity contribution in [1.29, 1.82) is 0 Å². The van der Waals surface area contributed by atoms with E-state index < -0.39 is 0 Å². The van der Waals surface area contributed by atoms with E-state index in [9.17, 15) is 14.4 Å². The van der Waals surface area contributed by atoms with Crippen molar-refractivity contribution >= 4 is 34.5 Å². The highest BCUT2D eigenvalue weighted by Gasteiger charge is 2.29.